The Hall–Kier alpha value is 0.890. The fourth-order valence-corrected chi connectivity index (χ4v) is 5.28. The third-order valence-electron chi connectivity index (χ3n) is 2.45. The molecule has 16 heavy (non-hydrogen) atoms. The molecule has 1 N–H and O–H groups in total. The van der Waals surface area contributed by atoms with Crippen molar-refractivity contribution < 1.29 is 48.0 Å². The van der Waals surface area contributed by atoms with Crippen molar-refractivity contribution in [3.8, 4) is 0 Å². The van der Waals surface area contributed by atoms with Crippen molar-refractivity contribution in [2.75, 3.05) is 6.54 Å². The predicted octanol–water partition coefficient (Wildman–Crippen LogP) is -2.60. The molecule has 0 saturated heterocycles. The van der Waals surface area contributed by atoms with Crippen LogP contribution >= 0.6 is 0 Å². The number of hydrogen-bond acceptors (Lipinski definition) is 1. The molecule has 0 saturated carbocycles. The summed E-state index contributed by atoms with van der Waals surface area (Å²) in [5.41, 5.74) is 1.47. The standard InChI is InChI=1S/C6H14N.C6H7.2ClH.Hf/c1-2-3-4-5-6-7;1-6-4-2-3-5-6;;;/h7H,2-6H2,1H3;4-5H,2H2,1H3;2*1H;/q-1;;;;+3/p-2. The summed E-state index contributed by atoms with van der Waals surface area (Å²) in [6.45, 7) is 5.74. The minimum atomic E-state index is -0.600. The van der Waals surface area contributed by atoms with Crippen LogP contribution < -0.4 is 28.1 Å². The number of unbranched alkanes of at least 4 members (excludes halogenated alkanes) is 3. The van der Waals surface area contributed by atoms with Crippen LogP contribution in [-0.4, -0.2) is 6.54 Å². The van der Waals surface area contributed by atoms with Gasteiger partial charge in [0.1, 0.15) is 0 Å². The van der Waals surface area contributed by atoms with Gasteiger partial charge in [0.15, 0.2) is 0 Å². The average molecular weight is 429 g/mol. The Kier molecular flexibility index (Phi) is 14.8. The van der Waals surface area contributed by atoms with E-state index in [-0.39, 0.29) is 24.8 Å². The first-order chi connectivity index (χ1) is 6.83. The zero-order chi connectivity index (χ0) is 10.2. The van der Waals surface area contributed by atoms with Crippen LogP contribution in [-0.2, 0) is 23.2 Å². The van der Waals surface area contributed by atoms with Crippen molar-refractivity contribution in [2.24, 2.45) is 0 Å². The third kappa shape index (κ3) is 8.98. The quantitative estimate of drug-likeness (QED) is 0.346. The smallest absolute Gasteiger partial charge is 1.00 e. The molecule has 0 aromatic carbocycles. The zero-order valence-electron chi connectivity index (χ0n) is 10.2. The molecule has 92 valence electrons. The summed E-state index contributed by atoms with van der Waals surface area (Å²) in [6.07, 6.45) is 11.5. The average Bonchev–Trinajstić information content (AvgIpc) is 2.58. The maximum Gasteiger partial charge on any atom is -1.00 e. The number of nitrogens with one attached hydrogen (secondary N) is 1. The second kappa shape index (κ2) is 12.3. The van der Waals surface area contributed by atoms with Crippen LogP contribution in [0.2, 0.25) is 0 Å². The van der Waals surface area contributed by atoms with E-state index in [0.717, 1.165) is 0 Å². The molecule has 1 aliphatic carbocycles. The molecule has 0 unspecified atom stereocenters. The molecular formula is C12H21Cl2HfN. The minimum Gasteiger partial charge on any atom is -1.00 e. The molecule has 0 aromatic heterocycles. The zero-order valence-corrected chi connectivity index (χ0v) is 15.3. The van der Waals surface area contributed by atoms with E-state index in [2.05, 4.69) is 29.3 Å². The van der Waals surface area contributed by atoms with Crippen LogP contribution in [0.3, 0.4) is 0 Å². The maximum absolute atomic E-state index is 3.70. The molecule has 1 rings (SSSR count). The summed E-state index contributed by atoms with van der Waals surface area (Å²) in [4.78, 5) is 0. The van der Waals surface area contributed by atoms with Gasteiger partial charge in [-0.2, -0.15) is 0 Å². The Morgan fingerprint density at radius 3 is 2.56 bits per heavy atom. The SMILES string of the molecule is CCCCCC[NH][Hf+2][C]1=CC(C)=CC1.[Cl-].[Cl-]. The molecule has 1 aliphatic rings. The largest absolute Gasteiger partial charge is 1.00 e. The van der Waals surface area contributed by atoms with Gasteiger partial charge in [0.2, 0.25) is 0 Å². The Bertz CT molecular complexity index is 227. The number of hydrogen-bond donors (Lipinski definition) is 1. The molecule has 0 amide bonds. The van der Waals surface area contributed by atoms with Gasteiger partial charge in [-0.15, -0.1) is 0 Å². The first-order valence-corrected chi connectivity index (χ1v) is 9.28. The van der Waals surface area contributed by atoms with Gasteiger partial charge in [-0.3, -0.25) is 0 Å². The van der Waals surface area contributed by atoms with E-state index in [1.807, 2.05) is 0 Å². The fourth-order valence-electron chi connectivity index (χ4n) is 1.57. The summed E-state index contributed by atoms with van der Waals surface area (Å²) >= 11 is -0.600. The van der Waals surface area contributed by atoms with E-state index in [4.69, 9.17) is 0 Å². The summed E-state index contributed by atoms with van der Waals surface area (Å²) in [6, 6.07) is 0. The topological polar surface area (TPSA) is 12.0 Å². The van der Waals surface area contributed by atoms with Crippen LogP contribution in [0.15, 0.2) is 21.1 Å². The Balaban J connectivity index is 0. The van der Waals surface area contributed by atoms with Crippen LogP contribution in [0.5, 0.6) is 0 Å². The molecule has 0 bridgehead atoms. The number of halogens is 2. The molecule has 0 fully saturated rings. The van der Waals surface area contributed by atoms with E-state index >= 15 is 0 Å². The maximum atomic E-state index is 3.70. The minimum absolute atomic E-state index is 0. The second-order valence-corrected chi connectivity index (χ2v) is 8.41. The molecule has 0 radical (unpaired) electrons. The predicted molar refractivity (Wildman–Crippen MR) is 58.6 cm³/mol. The van der Waals surface area contributed by atoms with Crippen molar-refractivity contribution in [3.63, 3.8) is 0 Å². The molecular weight excluding hydrogens is 408 g/mol. The van der Waals surface area contributed by atoms with E-state index in [9.17, 15) is 0 Å². The monoisotopic (exact) mass is 429 g/mol. The third-order valence-corrected chi connectivity index (χ3v) is 6.39. The summed E-state index contributed by atoms with van der Waals surface area (Å²) in [5.74, 6) is 0. The molecule has 4 heteroatoms. The van der Waals surface area contributed by atoms with E-state index in [1.54, 1.807) is 3.33 Å². The number of allylic oxidation sites excluding steroid dienone is 4. The van der Waals surface area contributed by atoms with E-state index < -0.39 is 23.2 Å². The Labute approximate surface area is 124 Å². The summed E-state index contributed by atoms with van der Waals surface area (Å²) in [7, 11) is 0. The van der Waals surface area contributed by atoms with E-state index in [1.165, 1.54) is 44.2 Å². The first kappa shape index (κ1) is 19.2. The van der Waals surface area contributed by atoms with Gasteiger partial charge < -0.3 is 24.8 Å². The molecule has 0 atom stereocenters. The van der Waals surface area contributed by atoms with Crippen molar-refractivity contribution >= 4 is 0 Å². The normalized spacial score (nSPS) is 13.1. The van der Waals surface area contributed by atoms with Crippen LogP contribution in [0, 0.1) is 0 Å². The van der Waals surface area contributed by atoms with Gasteiger partial charge in [0, 0.05) is 0 Å². The van der Waals surface area contributed by atoms with Crippen molar-refractivity contribution in [1.82, 2.24) is 3.30 Å². The van der Waals surface area contributed by atoms with E-state index in [0.29, 0.717) is 0 Å². The summed E-state index contributed by atoms with van der Waals surface area (Å²) < 4.78 is 5.43. The first-order valence-electron chi connectivity index (χ1n) is 5.69. The van der Waals surface area contributed by atoms with Gasteiger partial charge >= 0.3 is 100 Å². The number of rotatable bonds is 7. The van der Waals surface area contributed by atoms with Crippen LogP contribution in [0.25, 0.3) is 0 Å². The van der Waals surface area contributed by atoms with Crippen LogP contribution in [0.4, 0.5) is 0 Å². The second-order valence-electron chi connectivity index (χ2n) is 3.93. The summed E-state index contributed by atoms with van der Waals surface area (Å²) in [5, 5.41) is 0. The molecule has 0 heterocycles. The molecule has 0 aromatic rings. The van der Waals surface area contributed by atoms with Crippen molar-refractivity contribution in [2.45, 2.75) is 46.0 Å². The van der Waals surface area contributed by atoms with Gasteiger partial charge in [-0.1, -0.05) is 0 Å². The van der Waals surface area contributed by atoms with Crippen molar-refractivity contribution in [1.29, 1.82) is 0 Å². The fraction of sp³-hybridized carbons (Fsp3) is 0.667. The Morgan fingerprint density at radius 1 is 1.25 bits per heavy atom. The van der Waals surface area contributed by atoms with Gasteiger partial charge in [0.05, 0.1) is 0 Å². The van der Waals surface area contributed by atoms with Gasteiger partial charge in [-0.05, 0) is 0 Å². The van der Waals surface area contributed by atoms with Gasteiger partial charge in [0.25, 0.3) is 0 Å². The van der Waals surface area contributed by atoms with Gasteiger partial charge in [-0.25, -0.2) is 0 Å². The van der Waals surface area contributed by atoms with Crippen molar-refractivity contribution in [3.05, 3.63) is 21.1 Å². The van der Waals surface area contributed by atoms with Crippen LogP contribution in [0.1, 0.15) is 46.0 Å². The molecule has 1 nitrogen and oxygen atoms in total. The molecule has 0 spiro atoms. The molecule has 0 aliphatic heterocycles. The Morgan fingerprint density at radius 2 is 2.00 bits per heavy atom.